The van der Waals surface area contributed by atoms with Gasteiger partial charge in [-0.05, 0) is 37.3 Å². The molecule has 1 amide bonds. The van der Waals surface area contributed by atoms with Crippen LogP contribution in [0, 0.1) is 11.8 Å². The number of nitrogens with one attached hydrogen (secondary N) is 2. The Morgan fingerprint density at radius 2 is 2.04 bits per heavy atom. The number of methoxy groups -OCH3 is 1. The molecule has 1 saturated carbocycles. The van der Waals surface area contributed by atoms with Gasteiger partial charge in [-0.3, -0.25) is 4.79 Å². The molecule has 0 spiro atoms. The van der Waals surface area contributed by atoms with Crippen molar-refractivity contribution in [2.24, 2.45) is 11.8 Å². The van der Waals surface area contributed by atoms with Crippen molar-refractivity contribution in [3.8, 4) is 5.75 Å². The van der Waals surface area contributed by atoms with Crippen LogP contribution < -0.4 is 15.4 Å². The summed E-state index contributed by atoms with van der Waals surface area (Å²) in [4.78, 5) is 12.3. The Morgan fingerprint density at radius 3 is 2.78 bits per heavy atom. The lowest BCUT2D eigenvalue weighted by Crippen LogP contribution is -2.45. The fourth-order valence-electron chi connectivity index (χ4n) is 3.47. The first-order valence-corrected chi connectivity index (χ1v) is 8.70. The second-order valence-corrected chi connectivity index (χ2v) is 6.89. The summed E-state index contributed by atoms with van der Waals surface area (Å²) in [5, 5.41) is 6.60. The van der Waals surface area contributed by atoms with Gasteiger partial charge >= 0.3 is 0 Å². The van der Waals surface area contributed by atoms with E-state index in [2.05, 4.69) is 31.4 Å². The molecule has 0 bridgehead atoms. The number of ether oxygens (including phenoxy) is 1. The predicted molar refractivity (Wildman–Crippen MR) is 94.8 cm³/mol. The molecule has 23 heavy (non-hydrogen) atoms. The number of hydrogen-bond donors (Lipinski definition) is 2. The maximum atomic E-state index is 12.3. The Hall–Kier alpha value is -1.55. The van der Waals surface area contributed by atoms with Gasteiger partial charge in [0, 0.05) is 18.5 Å². The number of hydrogen-bond acceptors (Lipinski definition) is 3. The van der Waals surface area contributed by atoms with Gasteiger partial charge in [-0.15, -0.1) is 0 Å². The lowest BCUT2D eigenvalue weighted by molar-refractivity contribution is -0.116. The highest BCUT2D eigenvalue weighted by molar-refractivity contribution is 5.92. The SMILES string of the molecule is COc1ccccc1NC(=O)C[C@H](C)N[C@@H]1CCC[C@@H](C)[C@@H]1C. The molecule has 4 nitrogen and oxygen atoms in total. The average Bonchev–Trinajstić information content (AvgIpc) is 2.52. The molecule has 0 heterocycles. The minimum Gasteiger partial charge on any atom is -0.495 e. The number of rotatable bonds is 6. The first-order chi connectivity index (χ1) is 11.0. The highest BCUT2D eigenvalue weighted by Crippen LogP contribution is 2.30. The highest BCUT2D eigenvalue weighted by atomic mass is 16.5. The van der Waals surface area contributed by atoms with E-state index in [9.17, 15) is 4.79 Å². The number of benzene rings is 1. The van der Waals surface area contributed by atoms with E-state index in [-0.39, 0.29) is 11.9 Å². The lowest BCUT2D eigenvalue weighted by Gasteiger charge is -2.36. The van der Waals surface area contributed by atoms with Gasteiger partial charge in [-0.25, -0.2) is 0 Å². The number of carbonyl (C=O) groups excluding carboxylic acids is 1. The molecule has 1 aromatic rings. The van der Waals surface area contributed by atoms with Crippen molar-refractivity contribution in [3.05, 3.63) is 24.3 Å². The molecule has 2 rings (SSSR count). The number of amides is 1. The molecule has 0 unspecified atom stereocenters. The summed E-state index contributed by atoms with van der Waals surface area (Å²) in [6, 6.07) is 8.19. The minimum absolute atomic E-state index is 0.0195. The van der Waals surface area contributed by atoms with E-state index in [0.717, 1.165) is 11.6 Å². The summed E-state index contributed by atoms with van der Waals surface area (Å²) in [5.41, 5.74) is 0.729. The van der Waals surface area contributed by atoms with Gasteiger partial charge in [0.15, 0.2) is 0 Å². The third-order valence-electron chi connectivity index (χ3n) is 5.08. The standard InChI is InChI=1S/C19H30N2O2/c1-13-8-7-10-16(15(13)3)20-14(2)12-19(22)21-17-9-5-6-11-18(17)23-4/h5-6,9,11,13-16,20H,7-8,10,12H2,1-4H3,(H,21,22)/t13-,14+,15+,16-/m1/s1. The maximum Gasteiger partial charge on any atom is 0.226 e. The van der Waals surface area contributed by atoms with E-state index in [1.165, 1.54) is 19.3 Å². The fraction of sp³-hybridized carbons (Fsp3) is 0.632. The van der Waals surface area contributed by atoms with Crippen molar-refractivity contribution in [1.82, 2.24) is 5.32 Å². The average molecular weight is 318 g/mol. The zero-order valence-electron chi connectivity index (χ0n) is 14.8. The lowest BCUT2D eigenvalue weighted by atomic mass is 9.78. The topological polar surface area (TPSA) is 50.4 Å². The molecule has 4 heteroatoms. The summed E-state index contributed by atoms with van der Waals surface area (Å²) in [6.45, 7) is 6.74. The third kappa shape index (κ3) is 4.96. The molecule has 1 fully saturated rings. The van der Waals surface area contributed by atoms with Gasteiger partial charge in [0.25, 0.3) is 0 Å². The molecule has 2 N–H and O–H groups in total. The van der Waals surface area contributed by atoms with E-state index >= 15 is 0 Å². The summed E-state index contributed by atoms with van der Waals surface area (Å²) >= 11 is 0. The summed E-state index contributed by atoms with van der Waals surface area (Å²) in [7, 11) is 1.61. The summed E-state index contributed by atoms with van der Waals surface area (Å²) in [5.74, 6) is 2.14. The van der Waals surface area contributed by atoms with E-state index in [0.29, 0.717) is 24.1 Å². The smallest absolute Gasteiger partial charge is 0.226 e. The van der Waals surface area contributed by atoms with Crippen LogP contribution in [0.25, 0.3) is 0 Å². The molecule has 0 aliphatic heterocycles. The molecule has 1 aliphatic rings. The first kappa shape index (κ1) is 17.8. The van der Waals surface area contributed by atoms with E-state index in [4.69, 9.17) is 4.74 Å². The Bertz CT molecular complexity index is 518. The normalized spacial score (nSPS) is 25.7. The quantitative estimate of drug-likeness (QED) is 0.838. The van der Waals surface area contributed by atoms with Crippen LogP contribution in [-0.2, 0) is 4.79 Å². The Morgan fingerprint density at radius 1 is 1.30 bits per heavy atom. The van der Waals surface area contributed by atoms with Crippen molar-refractivity contribution in [2.45, 2.75) is 58.5 Å². The zero-order chi connectivity index (χ0) is 16.8. The van der Waals surface area contributed by atoms with Crippen LogP contribution in [-0.4, -0.2) is 25.1 Å². The van der Waals surface area contributed by atoms with Crippen molar-refractivity contribution >= 4 is 11.6 Å². The molecule has 1 aromatic carbocycles. The van der Waals surface area contributed by atoms with Crippen LogP contribution >= 0.6 is 0 Å². The van der Waals surface area contributed by atoms with Crippen LogP contribution in [0.4, 0.5) is 5.69 Å². The molecule has 128 valence electrons. The minimum atomic E-state index is 0.0195. The summed E-state index contributed by atoms with van der Waals surface area (Å²) < 4.78 is 5.27. The van der Waals surface area contributed by atoms with Gasteiger partial charge in [0.05, 0.1) is 12.8 Å². The van der Waals surface area contributed by atoms with Crippen molar-refractivity contribution in [1.29, 1.82) is 0 Å². The molecule has 0 aromatic heterocycles. The van der Waals surface area contributed by atoms with E-state index in [1.807, 2.05) is 24.3 Å². The highest BCUT2D eigenvalue weighted by Gasteiger charge is 2.28. The van der Waals surface area contributed by atoms with Crippen molar-refractivity contribution in [2.75, 3.05) is 12.4 Å². The molecule has 0 radical (unpaired) electrons. The second kappa shape index (κ2) is 8.34. The largest absolute Gasteiger partial charge is 0.495 e. The summed E-state index contributed by atoms with van der Waals surface area (Å²) in [6.07, 6.45) is 4.28. The van der Waals surface area contributed by atoms with Gasteiger partial charge in [-0.1, -0.05) is 38.8 Å². The number of para-hydroxylation sites is 2. The third-order valence-corrected chi connectivity index (χ3v) is 5.08. The fourth-order valence-corrected chi connectivity index (χ4v) is 3.47. The van der Waals surface area contributed by atoms with E-state index in [1.54, 1.807) is 7.11 Å². The Balaban J connectivity index is 1.85. The van der Waals surface area contributed by atoms with Crippen molar-refractivity contribution in [3.63, 3.8) is 0 Å². The van der Waals surface area contributed by atoms with Gasteiger partial charge in [0.2, 0.25) is 5.91 Å². The van der Waals surface area contributed by atoms with Crippen LogP contribution in [0.5, 0.6) is 5.75 Å². The van der Waals surface area contributed by atoms with Crippen LogP contribution in [0.15, 0.2) is 24.3 Å². The molecule has 0 saturated heterocycles. The molecule has 4 atom stereocenters. The number of carbonyl (C=O) groups is 1. The second-order valence-electron chi connectivity index (χ2n) is 6.89. The van der Waals surface area contributed by atoms with Crippen LogP contribution in [0.1, 0.15) is 46.5 Å². The molecule has 1 aliphatic carbocycles. The van der Waals surface area contributed by atoms with Crippen LogP contribution in [0.3, 0.4) is 0 Å². The van der Waals surface area contributed by atoms with Crippen LogP contribution in [0.2, 0.25) is 0 Å². The van der Waals surface area contributed by atoms with Gasteiger partial charge < -0.3 is 15.4 Å². The first-order valence-electron chi connectivity index (χ1n) is 8.70. The Kier molecular flexibility index (Phi) is 6.46. The number of anilines is 1. The van der Waals surface area contributed by atoms with Crippen molar-refractivity contribution < 1.29 is 9.53 Å². The maximum absolute atomic E-state index is 12.3. The molecular weight excluding hydrogens is 288 g/mol. The van der Waals surface area contributed by atoms with Gasteiger partial charge in [0.1, 0.15) is 5.75 Å². The monoisotopic (exact) mass is 318 g/mol. The van der Waals surface area contributed by atoms with Gasteiger partial charge in [-0.2, -0.15) is 0 Å². The van der Waals surface area contributed by atoms with E-state index < -0.39 is 0 Å². The molecular formula is C19H30N2O2. The Labute approximate surface area is 140 Å². The zero-order valence-corrected chi connectivity index (χ0v) is 14.8. The predicted octanol–water partition coefficient (Wildman–Crippen LogP) is 3.83.